The minimum absolute atomic E-state index is 0. The van der Waals surface area contributed by atoms with Crippen molar-refractivity contribution in [2.75, 3.05) is 44.3 Å². The maximum atomic E-state index is 12.9. The van der Waals surface area contributed by atoms with E-state index in [0.29, 0.717) is 18.9 Å². The lowest BCUT2D eigenvalue weighted by Crippen LogP contribution is -2.51. The van der Waals surface area contributed by atoms with Crippen LogP contribution in [0.15, 0.2) is 29.3 Å². The summed E-state index contributed by atoms with van der Waals surface area (Å²) < 4.78 is 24.9. The molecule has 0 spiro atoms. The molecular weight excluding hydrogens is 389 g/mol. The van der Waals surface area contributed by atoms with Gasteiger partial charge in [-0.25, -0.2) is 4.39 Å². The second-order valence-corrected chi connectivity index (χ2v) is 4.73. The van der Waals surface area contributed by atoms with Crippen LogP contribution in [0.3, 0.4) is 0 Å². The SMILES string of the molecule is I.NC(=NCCCF)N1CCN(c2ccc(F)cc2)CC1. The summed E-state index contributed by atoms with van der Waals surface area (Å²) in [6, 6.07) is 6.50. The van der Waals surface area contributed by atoms with Crippen LogP contribution >= 0.6 is 24.0 Å². The van der Waals surface area contributed by atoms with Gasteiger partial charge in [-0.15, -0.1) is 24.0 Å². The van der Waals surface area contributed by atoms with Crippen LogP contribution in [0, 0.1) is 5.82 Å². The molecule has 1 aromatic carbocycles. The summed E-state index contributed by atoms with van der Waals surface area (Å²) in [5, 5.41) is 0. The van der Waals surface area contributed by atoms with Crippen LogP contribution in [-0.4, -0.2) is 50.3 Å². The summed E-state index contributed by atoms with van der Waals surface area (Å²) in [5.41, 5.74) is 6.89. The van der Waals surface area contributed by atoms with E-state index in [0.717, 1.165) is 31.9 Å². The fraction of sp³-hybridized carbons (Fsp3) is 0.500. The van der Waals surface area contributed by atoms with Gasteiger partial charge in [-0.1, -0.05) is 0 Å². The highest BCUT2D eigenvalue weighted by Crippen LogP contribution is 2.16. The highest BCUT2D eigenvalue weighted by Gasteiger charge is 2.18. The highest BCUT2D eigenvalue weighted by molar-refractivity contribution is 14.0. The van der Waals surface area contributed by atoms with E-state index in [9.17, 15) is 8.78 Å². The second kappa shape index (κ2) is 9.01. The van der Waals surface area contributed by atoms with E-state index in [4.69, 9.17) is 5.73 Å². The number of nitrogens with zero attached hydrogens (tertiary/aromatic N) is 3. The van der Waals surface area contributed by atoms with Gasteiger partial charge in [0, 0.05) is 38.4 Å². The number of piperazine rings is 1. The molecule has 1 aliphatic heterocycles. The molecular formula is C14H21F2IN4. The number of rotatable bonds is 4. The molecule has 21 heavy (non-hydrogen) atoms. The van der Waals surface area contributed by atoms with Crippen molar-refractivity contribution in [1.82, 2.24) is 4.90 Å². The maximum Gasteiger partial charge on any atom is 0.191 e. The molecule has 2 N–H and O–H groups in total. The van der Waals surface area contributed by atoms with E-state index in [2.05, 4.69) is 9.89 Å². The number of hydrogen-bond donors (Lipinski definition) is 1. The zero-order chi connectivity index (χ0) is 14.4. The number of guanidine groups is 1. The Balaban J connectivity index is 0.00000220. The van der Waals surface area contributed by atoms with E-state index in [1.165, 1.54) is 12.1 Å². The normalized spacial score (nSPS) is 15.8. The first-order valence-corrected chi connectivity index (χ1v) is 6.82. The van der Waals surface area contributed by atoms with Crippen LogP contribution in [-0.2, 0) is 0 Å². The van der Waals surface area contributed by atoms with Gasteiger partial charge in [-0.05, 0) is 30.7 Å². The first-order chi connectivity index (χ1) is 9.70. The third-order valence-corrected chi connectivity index (χ3v) is 3.36. The molecule has 0 saturated carbocycles. The summed E-state index contributed by atoms with van der Waals surface area (Å²) >= 11 is 0. The fourth-order valence-electron chi connectivity index (χ4n) is 2.20. The first kappa shape index (κ1) is 17.9. The van der Waals surface area contributed by atoms with E-state index in [1.807, 2.05) is 4.90 Å². The molecule has 0 amide bonds. The minimum atomic E-state index is -0.366. The molecule has 7 heteroatoms. The minimum Gasteiger partial charge on any atom is -0.370 e. The second-order valence-electron chi connectivity index (χ2n) is 4.73. The van der Waals surface area contributed by atoms with Crippen LogP contribution in [0.2, 0.25) is 0 Å². The van der Waals surface area contributed by atoms with E-state index in [1.54, 1.807) is 12.1 Å². The molecule has 2 rings (SSSR count). The number of nitrogens with two attached hydrogens (primary N) is 1. The van der Waals surface area contributed by atoms with Crippen molar-refractivity contribution in [2.24, 2.45) is 10.7 Å². The average Bonchev–Trinajstić information content (AvgIpc) is 2.48. The topological polar surface area (TPSA) is 44.9 Å². The molecule has 1 saturated heterocycles. The zero-order valence-electron chi connectivity index (χ0n) is 11.8. The summed E-state index contributed by atoms with van der Waals surface area (Å²) in [4.78, 5) is 8.34. The van der Waals surface area contributed by atoms with E-state index in [-0.39, 0.29) is 36.5 Å². The quantitative estimate of drug-likeness (QED) is 0.359. The number of alkyl halides is 1. The molecule has 0 aromatic heterocycles. The predicted molar refractivity (Wildman–Crippen MR) is 92.7 cm³/mol. The van der Waals surface area contributed by atoms with Gasteiger partial charge in [0.1, 0.15) is 5.82 Å². The molecule has 0 atom stereocenters. The van der Waals surface area contributed by atoms with Crippen molar-refractivity contribution in [2.45, 2.75) is 6.42 Å². The van der Waals surface area contributed by atoms with Crippen LogP contribution < -0.4 is 10.6 Å². The third kappa shape index (κ3) is 5.29. The lowest BCUT2D eigenvalue weighted by atomic mass is 10.2. The van der Waals surface area contributed by atoms with Gasteiger partial charge in [-0.2, -0.15) is 0 Å². The summed E-state index contributed by atoms with van der Waals surface area (Å²) in [6.07, 6.45) is 0.413. The van der Waals surface area contributed by atoms with Gasteiger partial charge in [-0.3, -0.25) is 9.38 Å². The zero-order valence-corrected chi connectivity index (χ0v) is 14.2. The number of halogens is 3. The Kier molecular flexibility index (Phi) is 7.69. The van der Waals surface area contributed by atoms with Crippen LogP contribution in [0.25, 0.3) is 0 Å². The lowest BCUT2D eigenvalue weighted by molar-refractivity contribution is 0.380. The van der Waals surface area contributed by atoms with Crippen molar-refractivity contribution >= 4 is 35.6 Å². The number of hydrogen-bond acceptors (Lipinski definition) is 2. The Morgan fingerprint density at radius 2 is 1.76 bits per heavy atom. The molecule has 118 valence electrons. The van der Waals surface area contributed by atoms with Crippen molar-refractivity contribution in [3.05, 3.63) is 30.1 Å². The molecule has 1 aliphatic rings. The van der Waals surface area contributed by atoms with Gasteiger partial charge in [0.05, 0.1) is 6.67 Å². The summed E-state index contributed by atoms with van der Waals surface area (Å²) in [7, 11) is 0. The van der Waals surface area contributed by atoms with Crippen molar-refractivity contribution in [1.29, 1.82) is 0 Å². The largest absolute Gasteiger partial charge is 0.370 e. The van der Waals surface area contributed by atoms with Gasteiger partial charge >= 0.3 is 0 Å². The first-order valence-electron chi connectivity index (χ1n) is 6.82. The van der Waals surface area contributed by atoms with E-state index < -0.39 is 0 Å². The Morgan fingerprint density at radius 1 is 1.14 bits per heavy atom. The average molecular weight is 410 g/mol. The number of benzene rings is 1. The van der Waals surface area contributed by atoms with Crippen molar-refractivity contribution < 1.29 is 8.78 Å². The Labute approximate surface area is 141 Å². The fourth-order valence-corrected chi connectivity index (χ4v) is 2.20. The van der Waals surface area contributed by atoms with Gasteiger partial charge < -0.3 is 15.5 Å². The molecule has 0 aliphatic carbocycles. The molecule has 0 unspecified atom stereocenters. The Morgan fingerprint density at radius 3 is 2.33 bits per heavy atom. The van der Waals surface area contributed by atoms with Crippen LogP contribution in [0.1, 0.15) is 6.42 Å². The molecule has 1 fully saturated rings. The number of anilines is 1. The molecule has 4 nitrogen and oxygen atoms in total. The van der Waals surface area contributed by atoms with Crippen molar-refractivity contribution in [3.8, 4) is 0 Å². The molecule has 0 bridgehead atoms. The molecule has 1 heterocycles. The third-order valence-electron chi connectivity index (χ3n) is 3.36. The molecule has 1 aromatic rings. The number of aliphatic imine (C=N–C) groups is 1. The summed E-state index contributed by atoms with van der Waals surface area (Å²) in [5.74, 6) is 0.258. The van der Waals surface area contributed by atoms with Crippen LogP contribution in [0.5, 0.6) is 0 Å². The smallest absolute Gasteiger partial charge is 0.191 e. The summed E-state index contributed by atoms with van der Waals surface area (Å²) in [6.45, 7) is 3.22. The standard InChI is InChI=1S/C14H20F2N4.HI/c15-6-1-7-18-14(17)20-10-8-19(9-11-20)13-4-2-12(16)3-5-13;/h2-5H,1,6-11H2,(H2,17,18);1H. The Hall–Kier alpha value is -1.12. The Bertz CT molecular complexity index is 445. The monoisotopic (exact) mass is 410 g/mol. The predicted octanol–water partition coefficient (Wildman–Crippen LogP) is 2.24. The van der Waals surface area contributed by atoms with Gasteiger partial charge in [0.2, 0.25) is 0 Å². The molecule has 0 radical (unpaired) electrons. The maximum absolute atomic E-state index is 12.9. The lowest BCUT2D eigenvalue weighted by Gasteiger charge is -2.36. The van der Waals surface area contributed by atoms with Gasteiger partial charge in [0.15, 0.2) is 5.96 Å². The highest BCUT2D eigenvalue weighted by atomic mass is 127. The van der Waals surface area contributed by atoms with E-state index >= 15 is 0 Å². The van der Waals surface area contributed by atoms with Crippen molar-refractivity contribution in [3.63, 3.8) is 0 Å². The van der Waals surface area contributed by atoms with Crippen LogP contribution in [0.4, 0.5) is 14.5 Å². The van der Waals surface area contributed by atoms with Gasteiger partial charge in [0.25, 0.3) is 0 Å².